The van der Waals surface area contributed by atoms with Crippen LogP contribution in [-0.4, -0.2) is 50.5 Å². The smallest absolute Gasteiger partial charge is 0.220 e. The largest absolute Gasteiger partial charge is 0.377 e. The van der Waals surface area contributed by atoms with Crippen LogP contribution in [0.25, 0.3) is 0 Å². The molecular formula is C12H22N2O3. The first-order valence-electron chi connectivity index (χ1n) is 6.41. The zero-order valence-corrected chi connectivity index (χ0v) is 10.6. The highest BCUT2D eigenvalue weighted by Crippen LogP contribution is 2.26. The molecule has 1 aliphatic heterocycles. The molecule has 0 aromatic carbocycles. The Morgan fingerprint density at radius 1 is 1.53 bits per heavy atom. The van der Waals surface area contributed by atoms with Crippen LogP contribution < -0.4 is 10.6 Å². The molecule has 1 saturated heterocycles. The molecule has 1 aliphatic carbocycles. The van der Waals surface area contributed by atoms with Crippen molar-refractivity contribution in [1.82, 2.24) is 10.6 Å². The molecule has 17 heavy (non-hydrogen) atoms. The number of carbonyl (C=O) groups is 1. The Balaban J connectivity index is 1.68. The summed E-state index contributed by atoms with van der Waals surface area (Å²) in [6.45, 7) is 3.56. The molecule has 5 nitrogen and oxygen atoms in total. The summed E-state index contributed by atoms with van der Waals surface area (Å²) in [5, 5.41) is 6.40. The normalized spacial score (nSPS) is 36.7. The second-order valence-corrected chi connectivity index (χ2v) is 4.75. The van der Waals surface area contributed by atoms with Crippen molar-refractivity contribution in [2.45, 2.75) is 50.5 Å². The van der Waals surface area contributed by atoms with Gasteiger partial charge in [0.2, 0.25) is 5.91 Å². The van der Waals surface area contributed by atoms with E-state index >= 15 is 0 Å². The van der Waals surface area contributed by atoms with Crippen molar-refractivity contribution in [2.75, 3.05) is 20.3 Å². The van der Waals surface area contributed by atoms with Crippen LogP contribution in [0, 0.1) is 0 Å². The second-order valence-electron chi connectivity index (χ2n) is 4.75. The SMILES string of the molecule is CCOC1CC(NCC2CCC(=O)N2)C1OC. The van der Waals surface area contributed by atoms with Gasteiger partial charge in [-0.05, 0) is 19.8 Å². The van der Waals surface area contributed by atoms with Gasteiger partial charge in [-0.25, -0.2) is 0 Å². The molecule has 2 rings (SSSR count). The minimum atomic E-state index is 0.145. The van der Waals surface area contributed by atoms with Gasteiger partial charge in [0, 0.05) is 38.8 Å². The molecule has 2 aliphatic rings. The van der Waals surface area contributed by atoms with Crippen LogP contribution >= 0.6 is 0 Å². The summed E-state index contributed by atoms with van der Waals surface area (Å²) >= 11 is 0. The van der Waals surface area contributed by atoms with E-state index in [1.54, 1.807) is 7.11 Å². The van der Waals surface area contributed by atoms with E-state index in [0.717, 1.165) is 26.0 Å². The van der Waals surface area contributed by atoms with E-state index in [0.29, 0.717) is 12.5 Å². The highest BCUT2D eigenvalue weighted by Gasteiger charge is 2.42. The molecular weight excluding hydrogens is 220 g/mol. The van der Waals surface area contributed by atoms with E-state index in [-0.39, 0.29) is 24.2 Å². The Morgan fingerprint density at radius 3 is 2.94 bits per heavy atom. The van der Waals surface area contributed by atoms with Gasteiger partial charge in [0.15, 0.2) is 0 Å². The van der Waals surface area contributed by atoms with Gasteiger partial charge >= 0.3 is 0 Å². The number of ether oxygens (including phenoxy) is 2. The number of hydrogen-bond donors (Lipinski definition) is 2. The van der Waals surface area contributed by atoms with E-state index in [9.17, 15) is 4.79 Å². The van der Waals surface area contributed by atoms with E-state index in [1.165, 1.54) is 0 Å². The van der Waals surface area contributed by atoms with E-state index in [4.69, 9.17) is 9.47 Å². The first kappa shape index (κ1) is 12.8. The van der Waals surface area contributed by atoms with Crippen LogP contribution in [0.1, 0.15) is 26.2 Å². The summed E-state index contributed by atoms with van der Waals surface area (Å²) in [5.41, 5.74) is 0. The van der Waals surface area contributed by atoms with E-state index < -0.39 is 0 Å². The van der Waals surface area contributed by atoms with Crippen molar-refractivity contribution >= 4 is 5.91 Å². The number of carbonyl (C=O) groups excluding carboxylic acids is 1. The predicted molar refractivity (Wildman–Crippen MR) is 63.8 cm³/mol. The molecule has 2 fully saturated rings. The zero-order chi connectivity index (χ0) is 12.3. The predicted octanol–water partition coefficient (Wildman–Crippen LogP) is 0.0470. The van der Waals surface area contributed by atoms with Crippen molar-refractivity contribution in [3.8, 4) is 0 Å². The Hall–Kier alpha value is -0.650. The summed E-state index contributed by atoms with van der Waals surface area (Å²) in [5.74, 6) is 0.167. The maximum absolute atomic E-state index is 11.1. The van der Waals surface area contributed by atoms with Crippen molar-refractivity contribution in [3.05, 3.63) is 0 Å². The van der Waals surface area contributed by atoms with Crippen molar-refractivity contribution in [2.24, 2.45) is 0 Å². The highest BCUT2D eigenvalue weighted by molar-refractivity contribution is 5.78. The zero-order valence-electron chi connectivity index (χ0n) is 10.6. The molecule has 0 radical (unpaired) electrons. The molecule has 0 aromatic heterocycles. The monoisotopic (exact) mass is 242 g/mol. The van der Waals surface area contributed by atoms with Crippen LogP contribution in [0.15, 0.2) is 0 Å². The number of rotatable bonds is 6. The third kappa shape index (κ3) is 2.97. The molecule has 0 aromatic rings. The van der Waals surface area contributed by atoms with Crippen LogP contribution in [0.2, 0.25) is 0 Å². The summed E-state index contributed by atoms with van der Waals surface area (Å²) in [4.78, 5) is 11.1. The van der Waals surface area contributed by atoms with Gasteiger partial charge in [-0.1, -0.05) is 0 Å². The van der Waals surface area contributed by atoms with Crippen LogP contribution in [0.4, 0.5) is 0 Å². The molecule has 1 saturated carbocycles. The van der Waals surface area contributed by atoms with Gasteiger partial charge in [-0.2, -0.15) is 0 Å². The molecule has 0 bridgehead atoms. The summed E-state index contributed by atoms with van der Waals surface area (Å²) < 4.78 is 11.0. The molecule has 4 atom stereocenters. The molecule has 2 N–H and O–H groups in total. The fourth-order valence-electron chi connectivity index (χ4n) is 2.60. The van der Waals surface area contributed by atoms with Gasteiger partial charge in [0.25, 0.3) is 0 Å². The van der Waals surface area contributed by atoms with Crippen molar-refractivity contribution in [1.29, 1.82) is 0 Å². The van der Waals surface area contributed by atoms with E-state index in [1.807, 2.05) is 6.92 Å². The first-order valence-corrected chi connectivity index (χ1v) is 6.41. The van der Waals surface area contributed by atoms with Gasteiger partial charge in [0.1, 0.15) is 0 Å². The van der Waals surface area contributed by atoms with Crippen molar-refractivity contribution in [3.63, 3.8) is 0 Å². The third-order valence-electron chi connectivity index (χ3n) is 3.61. The Labute approximate surface area is 102 Å². The van der Waals surface area contributed by atoms with Gasteiger partial charge < -0.3 is 20.1 Å². The number of hydrogen-bond acceptors (Lipinski definition) is 4. The van der Waals surface area contributed by atoms with Gasteiger partial charge in [0.05, 0.1) is 12.2 Å². The molecule has 1 amide bonds. The Morgan fingerprint density at radius 2 is 2.35 bits per heavy atom. The molecule has 0 spiro atoms. The Kier molecular flexibility index (Phi) is 4.36. The maximum atomic E-state index is 11.1. The topological polar surface area (TPSA) is 59.6 Å². The lowest BCUT2D eigenvalue weighted by molar-refractivity contribution is -0.131. The standard InChI is InChI=1S/C12H22N2O3/c1-3-17-10-6-9(12(10)16-2)13-7-8-4-5-11(15)14-8/h8-10,12-13H,3-7H2,1-2H3,(H,14,15). The second kappa shape index (κ2) is 5.80. The summed E-state index contributed by atoms with van der Waals surface area (Å²) in [6.07, 6.45) is 2.96. The van der Waals surface area contributed by atoms with Gasteiger partial charge in [-0.3, -0.25) is 4.79 Å². The number of methoxy groups -OCH3 is 1. The maximum Gasteiger partial charge on any atom is 0.220 e. The molecule has 1 heterocycles. The fraction of sp³-hybridized carbons (Fsp3) is 0.917. The molecule has 98 valence electrons. The third-order valence-corrected chi connectivity index (χ3v) is 3.61. The first-order chi connectivity index (χ1) is 8.24. The van der Waals surface area contributed by atoms with Crippen LogP contribution in [0.3, 0.4) is 0 Å². The quantitative estimate of drug-likeness (QED) is 0.691. The lowest BCUT2D eigenvalue weighted by Gasteiger charge is -2.43. The molecule has 4 unspecified atom stereocenters. The summed E-state index contributed by atoms with van der Waals surface area (Å²) in [7, 11) is 1.72. The average Bonchev–Trinajstić information content (AvgIpc) is 2.69. The van der Waals surface area contributed by atoms with Crippen molar-refractivity contribution < 1.29 is 14.3 Å². The average molecular weight is 242 g/mol. The lowest BCUT2D eigenvalue weighted by Crippen LogP contribution is -2.61. The lowest BCUT2D eigenvalue weighted by atomic mass is 9.85. The van der Waals surface area contributed by atoms with Crippen LogP contribution in [0.5, 0.6) is 0 Å². The Bertz CT molecular complexity index is 272. The minimum Gasteiger partial charge on any atom is -0.377 e. The highest BCUT2D eigenvalue weighted by atomic mass is 16.5. The minimum absolute atomic E-state index is 0.145. The van der Waals surface area contributed by atoms with Gasteiger partial charge in [-0.15, -0.1) is 0 Å². The van der Waals surface area contributed by atoms with E-state index in [2.05, 4.69) is 10.6 Å². The summed E-state index contributed by atoms with van der Waals surface area (Å²) in [6, 6.07) is 0.639. The van der Waals surface area contributed by atoms with Crippen LogP contribution in [-0.2, 0) is 14.3 Å². The fourth-order valence-corrected chi connectivity index (χ4v) is 2.60. The molecule has 5 heteroatoms. The number of nitrogens with one attached hydrogen (secondary N) is 2. The number of amides is 1.